The predicted octanol–water partition coefficient (Wildman–Crippen LogP) is 26.6. The monoisotopic (exact) mass is 1160 g/mol. The van der Waals surface area contributed by atoms with Crippen molar-refractivity contribution in [3.8, 4) is 0 Å². The first kappa shape index (κ1) is 80.6. The highest BCUT2D eigenvalue weighted by Gasteiger charge is 2.16. The minimum absolute atomic E-state index is 0.0572. The van der Waals surface area contributed by atoms with Gasteiger partial charge in [0.1, 0.15) is 6.61 Å². The normalized spacial score (nSPS) is 12.1. The third-order valence-electron chi connectivity index (χ3n) is 18.1. The van der Waals surface area contributed by atoms with Crippen LogP contribution in [0.25, 0.3) is 0 Å². The quantitative estimate of drug-likeness (QED) is 0.0373. The molecule has 0 amide bonds. The Kier molecular flexibility index (Phi) is 72.7. The predicted molar refractivity (Wildman–Crippen MR) is 362 cm³/mol. The second kappa shape index (κ2) is 73.9. The average molecular weight is 1160 g/mol. The summed E-state index contributed by atoms with van der Waals surface area (Å²) in [7, 11) is 0. The lowest BCUT2D eigenvalue weighted by Crippen LogP contribution is -2.28. The van der Waals surface area contributed by atoms with Gasteiger partial charge >= 0.3 is 11.9 Å². The van der Waals surface area contributed by atoms with Gasteiger partial charge in [0.05, 0.1) is 6.61 Å². The Morgan fingerprint density at radius 2 is 0.451 bits per heavy atom. The number of ether oxygens (including phenoxy) is 2. The molecule has 0 fully saturated rings. The molecule has 82 heavy (non-hydrogen) atoms. The Balaban J connectivity index is 3.33. The van der Waals surface area contributed by atoms with Gasteiger partial charge in [-0.1, -0.05) is 411 Å². The van der Waals surface area contributed by atoms with Gasteiger partial charge in [0.15, 0.2) is 6.10 Å². The smallest absolute Gasteiger partial charge is 0.306 e. The highest BCUT2D eigenvalue weighted by Crippen LogP contribution is 2.20. The molecule has 0 aliphatic rings. The van der Waals surface area contributed by atoms with E-state index in [2.05, 4.69) is 26.0 Å². The molecule has 1 N–H and O–H groups in total. The van der Waals surface area contributed by atoms with Gasteiger partial charge in [0.2, 0.25) is 0 Å². The molecule has 0 aromatic carbocycles. The number of hydrogen-bond donors (Lipinski definition) is 1. The summed E-state index contributed by atoms with van der Waals surface area (Å²) < 4.78 is 10.8. The van der Waals surface area contributed by atoms with Crippen LogP contribution >= 0.6 is 0 Å². The molecule has 0 saturated heterocycles. The van der Waals surface area contributed by atoms with Crippen LogP contribution in [0.15, 0.2) is 12.2 Å². The highest BCUT2D eigenvalue weighted by atomic mass is 16.6. The topological polar surface area (TPSA) is 72.8 Å². The van der Waals surface area contributed by atoms with E-state index >= 15 is 0 Å². The van der Waals surface area contributed by atoms with Gasteiger partial charge in [-0.2, -0.15) is 0 Å². The molecule has 0 heterocycles. The Labute approximate surface area is 515 Å². The lowest BCUT2D eigenvalue weighted by molar-refractivity contribution is -0.161. The summed E-state index contributed by atoms with van der Waals surface area (Å²) in [6.07, 6.45) is 95.8. The largest absolute Gasteiger partial charge is 0.462 e. The Morgan fingerprint density at radius 1 is 0.268 bits per heavy atom. The molecule has 488 valence electrons. The molecule has 0 bridgehead atoms. The van der Waals surface area contributed by atoms with Gasteiger partial charge in [0, 0.05) is 12.8 Å². The Hall–Kier alpha value is -1.36. The molecule has 0 aliphatic carbocycles. The molecular formula is C77H150O5. The van der Waals surface area contributed by atoms with Gasteiger partial charge in [-0.25, -0.2) is 0 Å². The molecule has 0 aromatic heterocycles. The van der Waals surface area contributed by atoms with E-state index in [-0.39, 0.29) is 25.2 Å². The van der Waals surface area contributed by atoms with Crippen LogP contribution in [0.3, 0.4) is 0 Å². The third-order valence-corrected chi connectivity index (χ3v) is 18.1. The number of hydrogen-bond acceptors (Lipinski definition) is 5. The van der Waals surface area contributed by atoms with Crippen LogP contribution in [0, 0.1) is 0 Å². The number of aliphatic hydroxyl groups is 1. The van der Waals surface area contributed by atoms with Crippen molar-refractivity contribution in [2.45, 2.75) is 457 Å². The van der Waals surface area contributed by atoms with Crippen molar-refractivity contribution in [1.82, 2.24) is 0 Å². The Morgan fingerprint density at radius 3 is 0.659 bits per heavy atom. The van der Waals surface area contributed by atoms with E-state index in [0.29, 0.717) is 12.8 Å². The zero-order valence-corrected chi connectivity index (χ0v) is 56.3. The van der Waals surface area contributed by atoms with E-state index in [1.807, 2.05) is 0 Å². The lowest BCUT2D eigenvalue weighted by atomic mass is 10.0. The van der Waals surface area contributed by atoms with Crippen molar-refractivity contribution in [3.63, 3.8) is 0 Å². The van der Waals surface area contributed by atoms with Crippen LogP contribution < -0.4 is 0 Å². The van der Waals surface area contributed by atoms with E-state index in [1.165, 1.54) is 392 Å². The summed E-state index contributed by atoms with van der Waals surface area (Å²) in [6, 6.07) is 0. The molecular weight excluding hydrogens is 1000 g/mol. The van der Waals surface area contributed by atoms with Crippen LogP contribution in [0.4, 0.5) is 0 Å². The maximum absolute atomic E-state index is 12.4. The zero-order valence-electron chi connectivity index (χ0n) is 56.3. The zero-order chi connectivity index (χ0) is 59.1. The van der Waals surface area contributed by atoms with Crippen molar-refractivity contribution in [3.05, 3.63) is 12.2 Å². The molecule has 1 atom stereocenters. The van der Waals surface area contributed by atoms with E-state index in [1.54, 1.807) is 0 Å². The fourth-order valence-corrected chi connectivity index (χ4v) is 12.3. The molecule has 0 rings (SSSR count). The van der Waals surface area contributed by atoms with Crippen molar-refractivity contribution in [1.29, 1.82) is 0 Å². The van der Waals surface area contributed by atoms with Crippen molar-refractivity contribution < 1.29 is 24.2 Å². The number of esters is 2. The van der Waals surface area contributed by atoms with E-state index in [4.69, 9.17) is 9.47 Å². The molecule has 0 spiro atoms. The van der Waals surface area contributed by atoms with Crippen LogP contribution in [-0.4, -0.2) is 36.4 Å². The molecule has 5 nitrogen and oxygen atoms in total. The summed E-state index contributed by atoms with van der Waals surface area (Å²) in [6.45, 7) is 4.22. The first-order valence-electron chi connectivity index (χ1n) is 38.2. The molecule has 0 aliphatic heterocycles. The number of allylic oxidation sites excluding steroid dienone is 2. The minimum Gasteiger partial charge on any atom is -0.462 e. The van der Waals surface area contributed by atoms with Gasteiger partial charge in [0.25, 0.3) is 0 Å². The summed E-state index contributed by atoms with van der Waals surface area (Å²) in [4.78, 5) is 24.7. The average Bonchev–Trinajstić information content (AvgIpc) is 3.49. The van der Waals surface area contributed by atoms with E-state index in [9.17, 15) is 14.7 Å². The number of carbonyl (C=O) groups is 2. The Bertz CT molecular complexity index is 1220. The van der Waals surface area contributed by atoms with E-state index < -0.39 is 6.10 Å². The fourth-order valence-electron chi connectivity index (χ4n) is 12.3. The van der Waals surface area contributed by atoms with Crippen LogP contribution in [0.2, 0.25) is 0 Å². The molecule has 1 unspecified atom stereocenters. The summed E-state index contributed by atoms with van der Waals surface area (Å²) in [5.74, 6) is -0.561. The maximum atomic E-state index is 12.4. The number of rotatable bonds is 73. The van der Waals surface area contributed by atoms with E-state index in [0.717, 1.165) is 32.1 Å². The van der Waals surface area contributed by atoms with Crippen molar-refractivity contribution in [2.75, 3.05) is 13.2 Å². The van der Waals surface area contributed by atoms with Gasteiger partial charge in [-0.05, 0) is 38.5 Å². The van der Waals surface area contributed by atoms with Crippen molar-refractivity contribution in [2.24, 2.45) is 0 Å². The van der Waals surface area contributed by atoms with Crippen LogP contribution in [-0.2, 0) is 19.1 Å². The lowest BCUT2D eigenvalue weighted by Gasteiger charge is -2.15. The highest BCUT2D eigenvalue weighted by molar-refractivity contribution is 5.70. The summed E-state index contributed by atoms with van der Waals surface area (Å²) in [5, 5.41) is 9.71. The molecule has 0 aromatic rings. The second-order valence-corrected chi connectivity index (χ2v) is 26.4. The van der Waals surface area contributed by atoms with Gasteiger partial charge in [-0.15, -0.1) is 0 Å². The first-order chi connectivity index (χ1) is 40.6. The van der Waals surface area contributed by atoms with Crippen molar-refractivity contribution >= 4 is 11.9 Å². The fraction of sp³-hybridized carbons (Fsp3) is 0.948. The standard InChI is InChI=1S/C77H150O5/c1-3-5-7-9-11-13-15-17-19-21-23-25-27-29-31-32-33-34-35-36-37-38-39-40-41-42-43-44-46-47-49-51-53-55-57-59-61-63-65-67-69-71-76(79)81-74-75(73-78)82-77(80)72-70-68-66-64-62-60-58-56-54-52-50-48-45-30-28-26-24-22-20-18-16-14-12-10-8-6-4-2/h22,24,75,78H,3-21,23,25-74H2,1-2H3/b24-22-. The number of carbonyl (C=O) groups excluding carboxylic acids is 2. The summed E-state index contributed by atoms with van der Waals surface area (Å²) >= 11 is 0. The number of aliphatic hydroxyl groups excluding tert-OH is 1. The van der Waals surface area contributed by atoms with Crippen LogP contribution in [0.5, 0.6) is 0 Å². The minimum atomic E-state index is -0.768. The SMILES string of the molecule is CCCCCCCCCC/C=C\CCCCCCCCCCCCCCCCCC(=O)OC(CO)COC(=O)CCCCCCCCCCCCCCCCCCCCCCCCCCCCCCCCCCCCCCCCCCC. The molecule has 0 saturated carbocycles. The summed E-state index contributed by atoms with van der Waals surface area (Å²) in [5.41, 5.74) is 0. The van der Waals surface area contributed by atoms with Gasteiger partial charge in [-0.3, -0.25) is 9.59 Å². The second-order valence-electron chi connectivity index (χ2n) is 26.4. The van der Waals surface area contributed by atoms with Crippen LogP contribution in [0.1, 0.15) is 450 Å². The number of unbranched alkanes of at least 4 members (excludes halogenated alkanes) is 63. The molecule has 0 radical (unpaired) electrons. The maximum Gasteiger partial charge on any atom is 0.306 e. The third kappa shape index (κ3) is 71.1. The molecule has 5 heteroatoms. The first-order valence-corrected chi connectivity index (χ1v) is 38.2. The van der Waals surface area contributed by atoms with Gasteiger partial charge < -0.3 is 14.6 Å².